The van der Waals surface area contributed by atoms with Crippen molar-refractivity contribution in [2.45, 2.75) is 38.9 Å². The predicted octanol–water partition coefficient (Wildman–Crippen LogP) is 3.19. The normalized spacial score (nSPS) is 19.9. The molecule has 0 saturated carbocycles. The third kappa shape index (κ3) is 2.86. The summed E-state index contributed by atoms with van der Waals surface area (Å²) >= 11 is 1.51. The monoisotopic (exact) mass is 314 g/mol. The molecule has 22 heavy (non-hydrogen) atoms. The summed E-state index contributed by atoms with van der Waals surface area (Å²) in [7, 11) is -0.416. The van der Waals surface area contributed by atoms with Crippen LogP contribution in [0.3, 0.4) is 0 Å². The summed E-state index contributed by atoms with van der Waals surface area (Å²) in [4.78, 5) is 8.82. The van der Waals surface area contributed by atoms with Crippen LogP contribution in [0, 0.1) is 0 Å². The molecule has 1 aliphatic rings. The molecule has 2 aromatic rings. The van der Waals surface area contributed by atoms with E-state index in [0.717, 1.165) is 10.3 Å². The molecule has 0 bridgehead atoms. The molecule has 0 radical (unpaired) electrons. The van der Waals surface area contributed by atoms with Crippen molar-refractivity contribution in [3.63, 3.8) is 0 Å². The minimum absolute atomic E-state index is 0.359. The lowest BCUT2D eigenvalue weighted by Gasteiger charge is -2.32. The summed E-state index contributed by atoms with van der Waals surface area (Å²) in [5, 5.41) is 0. The first-order chi connectivity index (χ1) is 10.4. The molecule has 1 aromatic heterocycles. The van der Waals surface area contributed by atoms with Crippen LogP contribution < -0.4 is 4.78 Å². The van der Waals surface area contributed by atoms with E-state index >= 15 is 0 Å². The van der Waals surface area contributed by atoms with Gasteiger partial charge in [0, 0.05) is 6.21 Å². The fourth-order valence-corrected chi connectivity index (χ4v) is 2.82. The minimum atomic E-state index is -0.416. The largest absolute Gasteiger partial charge is 0.509 e. The van der Waals surface area contributed by atoms with Crippen molar-refractivity contribution < 1.29 is 9.31 Å². The number of hydrogen-bond donors (Lipinski definition) is 0. The molecule has 1 aromatic carbocycles. The SMILES string of the molecule is CC1(C)OB(c2scnc2/N=C/c2ccccc2)OC1(C)C. The molecular formula is C16H19BN2O2S. The number of aromatic nitrogens is 1. The number of benzene rings is 1. The Kier molecular flexibility index (Phi) is 3.93. The van der Waals surface area contributed by atoms with Gasteiger partial charge < -0.3 is 9.31 Å². The van der Waals surface area contributed by atoms with Gasteiger partial charge in [-0.15, -0.1) is 11.3 Å². The highest BCUT2D eigenvalue weighted by Crippen LogP contribution is 2.37. The van der Waals surface area contributed by atoms with E-state index < -0.39 is 7.12 Å². The van der Waals surface area contributed by atoms with Crippen LogP contribution in [0.5, 0.6) is 0 Å². The van der Waals surface area contributed by atoms with Gasteiger partial charge >= 0.3 is 7.12 Å². The second kappa shape index (κ2) is 5.61. The van der Waals surface area contributed by atoms with Crippen LogP contribution in [0.25, 0.3) is 0 Å². The fraction of sp³-hybridized carbons (Fsp3) is 0.375. The Bertz CT molecular complexity index is 666. The molecule has 0 atom stereocenters. The summed E-state index contributed by atoms with van der Waals surface area (Å²) in [6, 6.07) is 9.96. The number of aliphatic imine (C=N–C) groups is 1. The molecule has 0 N–H and O–H groups in total. The highest BCUT2D eigenvalue weighted by Gasteiger charge is 2.53. The van der Waals surface area contributed by atoms with Crippen LogP contribution in [-0.4, -0.2) is 29.5 Å². The highest BCUT2D eigenvalue weighted by atomic mass is 32.1. The van der Waals surface area contributed by atoms with Gasteiger partial charge in [-0.2, -0.15) is 0 Å². The molecule has 114 valence electrons. The van der Waals surface area contributed by atoms with Gasteiger partial charge in [0.15, 0.2) is 5.82 Å². The Labute approximate surface area is 135 Å². The van der Waals surface area contributed by atoms with Gasteiger partial charge in [-0.05, 0) is 33.3 Å². The summed E-state index contributed by atoms with van der Waals surface area (Å²) < 4.78 is 13.1. The molecule has 6 heteroatoms. The van der Waals surface area contributed by atoms with E-state index in [2.05, 4.69) is 9.98 Å². The van der Waals surface area contributed by atoms with E-state index in [1.807, 2.05) is 64.2 Å². The zero-order valence-corrected chi connectivity index (χ0v) is 14.1. The van der Waals surface area contributed by atoms with Gasteiger partial charge in [0.2, 0.25) is 0 Å². The van der Waals surface area contributed by atoms with E-state index in [0.29, 0.717) is 5.82 Å². The highest BCUT2D eigenvalue weighted by molar-refractivity contribution is 7.21. The van der Waals surface area contributed by atoms with E-state index in [1.54, 1.807) is 5.51 Å². The van der Waals surface area contributed by atoms with Crippen molar-refractivity contribution in [1.29, 1.82) is 0 Å². The molecule has 3 rings (SSSR count). The molecule has 1 fully saturated rings. The lowest BCUT2D eigenvalue weighted by atomic mass is 9.88. The summed E-state index contributed by atoms with van der Waals surface area (Å²) in [5.74, 6) is 0.660. The Morgan fingerprint density at radius 1 is 1.09 bits per heavy atom. The number of hydrogen-bond acceptors (Lipinski definition) is 5. The quantitative estimate of drug-likeness (QED) is 0.645. The Balaban J connectivity index is 1.83. The second-order valence-corrected chi connectivity index (χ2v) is 7.18. The Hall–Kier alpha value is -1.50. The standard InChI is InChI=1S/C16H19BN2O2S/c1-15(2)16(3,4)21-17(20-15)13-14(19-11-22-13)18-10-12-8-6-5-7-9-12/h5-11H,1-4H3/b18-10+. The van der Waals surface area contributed by atoms with E-state index in [-0.39, 0.29) is 11.2 Å². The van der Waals surface area contributed by atoms with Crippen molar-refractivity contribution in [1.82, 2.24) is 4.98 Å². The average molecular weight is 314 g/mol. The van der Waals surface area contributed by atoms with Gasteiger partial charge in [0.05, 0.1) is 21.5 Å². The first kappa shape index (κ1) is 15.4. The first-order valence-corrected chi connectivity index (χ1v) is 8.15. The topological polar surface area (TPSA) is 43.7 Å². The van der Waals surface area contributed by atoms with Gasteiger partial charge in [0.25, 0.3) is 0 Å². The maximum absolute atomic E-state index is 6.08. The minimum Gasteiger partial charge on any atom is -0.399 e. The van der Waals surface area contributed by atoms with Crippen molar-refractivity contribution in [2.75, 3.05) is 0 Å². The molecule has 0 unspecified atom stereocenters. The van der Waals surface area contributed by atoms with E-state index in [9.17, 15) is 0 Å². The first-order valence-electron chi connectivity index (χ1n) is 7.27. The third-order valence-corrected chi connectivity index (χ3v) is 5.02. The van der Waals surface area contributed by atoms with Gasteiger partial charge in [-0.3, -0.25) is 0 Å². The lowest BCUT2D eigenvalue weighted by molar-refractivity contribution is 0.00578. The van der Waals surface area contributed by atoms with Crippen LogP contribution in [0.1, 0.15) is 33.3 Å². The summed E-state index contributed by atoms with van der Waals surface area (Å²) in [6.07, 6.45) is 1.81. The van der Waals surface area contributed by atoms with Crippen LogP contribution in [0.4, 0.5) is 5.82 Å². The van der Waals surface area contributed by atoms with Gasteiger partial charge in [0.1, 0.15) is 0 Å². The number of rotatable bonds is 3. The van der Waals surface area contributed by atoms with E-state index in [4.69, 9.17) is 9.31 Å². The molecule has 4 nitrogen and oxygen atoms in total. The number of thiazole rings is 1. The van der Waals surface area contributed by atoms with Crippen LogP contribution >= 0.6 is 11.3 Å². The lowest BCUT2D eigenvalue weighted by Crippen LogP contribution is -2.41. The average Bonchev–Trinajstić information content (AvgIpc) is 3.00. The maximum Gasteiger partial charge on any atom is 0.509 e. The van der Waals surface area contributed by atoms with Crippen LogP contribution in [0.2, 0.25) is 0 Å². The third-order valence-electron chi connectivity index (χ3n) is 4.18. The predicted molar refractivity (Wildman–Crippen MR) is 91.5 cm³/mol. The zero-order valence-electron chi connectivity index (χ0n) is 13.2. The maximum atomic E-state index is 6.08. The summed E-state index contributed by atoms with van der Waals surface area (Å²) in [5.41, 5.74) is 2.10. The molecule has 1 aliphatic heterocycles. The second-order valence-electron chi connectivity index (χ2n) is 6.30. The van der Waals surface area contributed by atoms with E-state index in [1.165, 1.54) is 11.3 Å². The zero-order chi connectivity index (χ0) is 15.8. The Morgan fingerprint density at radius 3 is 2.36 bits per heavy atom. The van der Waals surface area contributed by atoms with Gasteiger partial charge in [-0.25, -0.2) is 9.98 Å². The smallest absolute Gasteiger partial charge is 0.399 e. The van der Waals surface area contributed by atoms with Crippen molar-refractivity contribution in [3.05, 3.63) is 41.4 Å². The van der Waals surface area contributed by atoms with Crippen LogP contribution in [0.15, 0.2) is 40.8 Å². The Morgan fingerprint density at radius 2 is 1.73 bits per heavy atom. The van der Waals surface area contributed by atoms with Crippen LogP contribution in [-0.2, 0) is 9.31 Å². The molecule has 0 spiro atoms. The van der Waals surface area contributed by atoms with Crippen molar-refractivity contribution >= 4 is 35.3 Å². The molecule has 0 amide bonds. The molecule has 2 heterocycles. The number of nitrogens with zero attached hydrogens (tertiary/aromatic N) is 2. The molecular weight excluding hydrogens is 295 g/mol. The molecule has 1 saturated heterocycles. The van der Waals surface area contributed by atoms with Crippen molar-refractivity contribution in [2.24, 2.45) is 4.99 Å². The molecule has 0 aliphatic carbocycles. The van der Waals surface area contributed by atoms with Gasteiger partial charge in [-0.1, -0.05) is 30.3 Å². The fourth-order valence-electron chi connectivity index (χ4n) is 2.13. The summed E-state index contributed by atoms with van der Waals surface area (Å²) in [6.45, 7) is 8.17. The van der Waals surface area contributed by atoms with Crippen molar-refractivity contribution in [3.8, 4) is 0 Å².